The van der Waals surface area contributed by atoms with Crippen LogP contribution in [0.1, 0.15) is 37.7 Å². The zero-order valence-corrected chi connectivity index (χ0v) is 11.2. The molecule has 0 fully saturated rings. The van der Waals surface area contributed by atoms with Gasteiger partial charge in [-0.05, 0) is 30.0 Å². The number of nitrogens with two attached hydrogens (primary N) is 1. The standard InChI is InChI=1S/C15H18N4/c1-10(2)7-13(17)15-18-9-14(19-15)12-5-3-11(8-16)4-6-12/h3-6,9-10,13H,7,17H2,1-2H3,(H,18,19). The van der Waals surface area contributed by atoms with Crippen LogP contribution in [-0.4, -0.2) is 9.97 Å². The largest absolute Gasteiger partial charge is 0.341 e. The van der Waals surface area contributed by atoms with Crippen molar-refractivity contribution in [3.8, 4) is 17.3 Å². The van der Waals surface area contributed by atoms with Gasteiger partial charge in [-0.15, -0.1) is 0 Å². The van der Waals surface area contributed by atoms with E-state index in [4.69, 9.17) is 11.0 Å². The molecule has 4 nitrogen and oxygen atoms in total. The van der Waals surface area contributed by atoms with Crippen LogP contribution in [0.2, 0.25) is 0 Å². The molecule has 1 atom stereocenters. The van der Waals surface area contributed by atoms with Crippen molar-refractivity contribution in [1.82, 2.24) is 9.97 Å². The van der Waals surface area contributed by atoms with Gasteiger partial charge in [0.15, 0.2) is 0 Å². The molecular formula is C15H18N4. The Kier molecular flexibility index (Phi) is 3.98. The first-order valence-corrected chi connectivity index (χ1v) is 6.41. The summed E-state index contributed by atoms with van der Waals surface area (Å²) in [6.45, 7) is 4.29. The molecule has 1 heterocycles. The van der Waals surface area contributed by atoms with Gasteiger partial charge >= 0.3 is 0 Å². The first-order valence-electron chi connectivity index (χ1n) is 6.41. The van der Waals surface area contributed by atoms with Crippen LogP contribution in [-0.2, 0) is 0 Å². The first-order chi connectivity index (χ1) is 9.10. The fraction of sp³-hybridized carbons (Fsp3) is 0.333. The number of aromatic nitrogens is 2. The molecule has 2 rings (SSSR count). The minimum absolute atomic E-state index is 0.0628. The predicted molar refractivity (Wildman–Crippen MR) is 75.1 cm³/mol. The van der Waals surface area contributed by atoms with Crippen LogP contribution < -0.4 is 5.73 Å². The molecule has 0 bridgehead atoms. The molecule has 0 saturated heterocycles. The number of hydrogen-bond donors (Lipinski definition) is 2. The molecule has 0 amide bonds. The highest BCUT2D eigenvalue weighted by atomic mass is 15.0. The summed E-state index contributed by atoms with van der Waals surface area (Å²) in [5, 5.41) is 8.77. The summed E-state index contributed by atoms with van der Waals surface area (Å²) in [5.41, 5.74) is 8.69. The number of nitrogens with one attached hydrogen (secondary N) is 1. The van der Waals surface area contributed by atoms with E-state index in [0.29, 0.717) is 11.5 Å². The molecule has 0 spiro atoms. The van der Waals surface area contributed by atoms with Crippen molar-refractivity contribution >= 4 is 0 Å². The van der Waals surface area contributed by atoms with Crippen molar-refractivity contribution < 1.29 is 0 Å². The molecule has 0 saturated carbocycles. The monoisotopic (exact) mass is 254 g/mol. The molecule has 1 aromatic carbocycles. The number of hydrogen-bond acceptors (Lipinski definition) is 3. The molecule has 0 aliphatic rings. The lowest BCUT2D eigenvalue weighted by atomic mass is 10.0. The van der Waals surface area contributed by atoms with Gasteiger partial charge in [0.2, 0.25) is 0 Å². The average Bonchev–Trinajstić information content (AvgIpc) is 2.88. The van der Waals surface area contributed by atoms with Gasteiger partial charge in [0.25, 0.3) is 0 Å². The van der Waals surface area contributed by atoms with Crippen LogP contribution in [0, 0.1) is 17.2 Å². The topological polar surface area (TPSA) is 78.5 Å². The lowest BCUT2D eigenvalue weighted by molar-refractivity contribution is 0.496. The Hall–Kier alpha value is -2.12. The molecule has 19 heavy (non-hydrogen) atoms. The summed E-state index contributed by atoms with van der Waals surface area (Å²) in [7, 11) is 0. The number of H-pyrrole nitrogens is 1. The van der Waals surface area contributed by atoms with E-state index < -0.39 is 0 Å². The Balaban J connectivity index is 2.18. The summed E-state index contributed by atoms with van der Waals surface area (Å²) in [4.78, 5) is 7.60. The van der Waals surface area contributed by atoms with Gasteiger partial charge in [-0.2, -0.15) is 5.26 Å². The number of imidazole rings is 1. The van der Waals surface area contributed by atoms with Crippen molar-refractivity contribution in [3.05, 3.63) is 41.9 Å². The molecule has 98 valence electrons. The molecular weight excluding hydrogens is 236 g/mol. The second-order valence-corrected chi connectivity index (χ2v) is 5.11. The minimum atomic E-state index is -0.0628. The van der Waals surface area contributed by atoms with E-state index >= 15 is 0 Å². The van der Waals surface area contributed by atoms with Crippen molar-refractivity contribution in [1.29, 1.82) is 5.26 Å². The second kappa shape index (κ2) is 5.68. The maximum Gasteiger partial charge on any atom is 0.123 e. The van der Waals surface area contributed by atoms with Gasteiger partial charge in [0, 0.05) is 0 Å². The van der Waals surface area contributed by atoms with Gasteiger partial charge in [-0.25, -0.2) is 4.98 Å². The van der Waals surface area contributed by atoms with E-state index in [-0.39, 0.29) is 6.04 Å². The third-order valence-electron chi connectivity index (χ3n) is 3.00. The van der Waals surface area contributed by atoms with Gasteiger partial charge in [-0.3, -0.25) is 0 Å². The average molecular weight is 254 g/mol. The maximum atomic E-state index is 8.77. The van der Waals surface area contributed by atoms with E-state index in [2.05, 4.69) is 29.9 Å². The summed E-state index contributed by atoms with van der Waals surface area (Å²) in [6.07, 6.45) is 2.69. The fourth-order valence-electron chi connectivity index (χ4n) is 2.02. The van der Waals surface area contributed by atoms with Crippen LogP contribution in [0.5, 0.6) is 0 Å². The quantitative estimate of drug-likeness (QED) is 0.880. The van der Waals surface area contributed by atoms with Crippen molar-refractivity contribution in [2.75, 3.05) is 0 Å². The normalized spacial score (nSPS) is 12.4. The van der Waals surface area contributed by atoms with Crippen LogP contribution in [0.15, 0.2) is 30.5 Å². The zero-order chi connectivity index (χ0) is 13.8. The summed E-state index contributed by atoms with van der Waals surface area (Å²) < 4.78 is 0. The molecule has 0 radical (unpaired) electrons. The number of nitrogens with zero attached hydrogens (tertiary/aromatic N) is 2. The summed E-state index contributed by atoms with van der Waals surface area (Å²) in [5.74, 6) is 1.35. The summed E-state index contributed by atoms with van der Waals surface area (Å²) >= 11 is 0. The van der Waals surface area contributed by atoms with Gasteiger partial charge in [0.05, 0.1) is 29.6 Å². The maximum absolute atomic E-state index is 8.77. The van der Waals surface area contributed by atoms with E-state index in [1.54, 1.807) is 18.3 Å². The molecule has 4 heteroatoms. The lowest BCUT2D eigenvalue weighted by Gasteiger charge is -2.10. The predicted octanol–water partition coefficient (Wildman–Crippen LogP) is 2.99. The molecule has 1 unspecified atom stereocenters. The molecule has 0 aliphatic carbocycles. The lowest BCUT2D eigenvalue weighted by Crippen LogP contribution is -2.14. The third-order valence-corrected chi connectivity index (χ3v) is 3.00. The minimum Gasteiger partial charge on any atom is -0.341 e. The number of rotatable bonds is 4. The first kappa shape index (κ1) is 13.3. The molecule has 0 aliphatic heterocycles. The van der Waals surface area contributed by atoms with Crippen molar-refractivity contribution in [2.24, 2.45) is 11.7 Å². The van der Waals surface area contributed by atoms with Crippen molar-refractivity contribution in [3.63, 3.8) is 0 Å². The number of benzene rings is 1. The van der Waals surface area contributed by atoms with Gasteiger partial charge in [-0.1, -0.05) is 26.0 Å². The van der Waals surface area contributed by atoms with Gasteiger partial charge in [0.1, 0.15) is 5.82 Å². The van der Waals surface area contributed by atoms with Crippen LogP contribution >= 0.6 is 0 Å². The van der Waals surface area contributed by atoms with E-state index in [1.807, 2.05) is 12.1 Å². The van der Waals surface area contributed by atoms with Crippen molar-refractivity contribution in [2.45, 2.75) is 26.3 Å². The Morgan fingerprint density at radius 2 is 2.00 bits per heavy atom. The Morgan fingerprint density at radius 3 is 2.58 bits per heavy atom. The van der Waals surface area contributed by atoms with E-state index in [9.17, 15) is 0 Å². The highest BCUT2D eigenvalue weighted by Gasteiger charge is 2.12. The molecule has 2 aromatic rings. The second-order valence-electron chi connectivity index (χ2n) is 5.11. The highest BCUT2D eigenvalue weighted by Crippen LogP contribution is 2.21. The fourth-order valence-corrected chi connectivity index (χ4v) is 2.02. The van der Waals surface area contributed by atoms with Gasteiger partial charge < -0.3 is 10.7 Å². The Morgan fingerprint density at radius 1 is 1.32 bits per heavy atom. The molecule has 3 N–H and O–H groups in total. The number of nitriles is 1. The van der Waals surface area contributed by atoms with Crippen LogP contribution in [0.3, 0.4) is 0 Å². The third kappa shape index (κ3) is 3.21. The zero-order valence-electron chi connectivity index (χ0n) is 11.2. The number of aromatic amines is 1. The van der Waals surface area contributed by atoms with Crippen LogP contribution in [0.25, 0.3) is 11.3 Å². The smallest absolute Gasteiger partial charge is 0.123 e. The highest BCUT2D eigenvalue weighted by molar-refractivity contribution is 5.59. The summed E-state index contributed by atoms with van der Waals surface area (Å²) in [6, 6.07) is 9.45. The SMILES string of the molecule is CC(C)CC(N)c1ncc(-c2ccc(C#N)cc2)[nH]1. The van der Waals surface area contributed by atoms with Crippen LogP contribution in [0.4, 0.5) is 0 Å². The van der Waals surface area contributed by atoms with E-state index in [0.717, 1.165) is 23.5 Å². The Labute approximate surface area is 113 Å². The Bertz CT molecular complexity index is 575. The molecule has 1 aromatic heterocycles. The van der Waals surface area contributed by atoms with E-state index in [1.165, 1.54) is 0 Å².